The maximum atomic E-state index is 14.7. The van der Waals surface area contributed by atoms with E-state index in [2.05, 4.69) is 10.4 Å². The molecule has 3 heterocycles. The summed E-state index contributed by atoms with van der Waals surface area (Å²) in [6, 6.07) is 6.94. The van der Waals surface area contributed by atoms with E-state index in [0.29, 0.717) is 17.7 Å². The van der Waals surface area contributed by atoms with E-state index in [0.717, 1.165) is 11.3 Å². The van der Waals surface area contributed by atoms with Gasteiger partial charge in [0.1, 0.15) is 5.82 Å². The standard InChI is InChI=1S/C20H18ClF3N4OS/c21-15-10-26-28-5-4-20(23,24)18-14(17(15)28)8-16(30-18)19(29)27-13(9-25)7-11-2-1-3-12(22)6-11/h1-3,6,8,10,13H,4-5,7,9,25H2,(H,27,29)/t13-/m0/s1. The third-order valence-electron chi connectivity index (χ3n) is 4.97. The highest BCUT2D eigenvalue weighted by atomic mass is 35.5. The van der Waals surface area contributed by atoms with Crippen LogP contribution >= 0.6 is 22.9 Å². The number of halogens is 4. The Bertz CT molecular complexity index is 1100. The fraction of sp³-hybridized carbons (Fsp3) is 0.300. The lowest BCUT2D eigenvalue weighted by Crippen LogP contribution is -2.41. The lowest BCUT2D eigenvalue weighted by Gasteiger charge is -2.16. The SMILES string of the molecule is NC[C@H](Cc1cccc(F)c1)NC(=O)c1cc2c(s1)C(F)(F)CCn1ncc(Cl)c1-2. The molecule has 1 atom stereocenters. The third kappa shape index (κ3) is 3.97. The molecule has 1 aromatic carbocycles. The van der Waals surface area contributed by atoms with Gasteiger partial charge in [-0.05, 0) is 30.2 Å². The molecular weight excluding hydrogens is 437 g/mol. The number of carbonyl (C=O) groups excluding carboxylic acids is 1. The van der Waals surface area contributed by atoms with Crippen molar-refractivity contribution in [3.63, 3.8) is 0 Å². The minimum absolute atomic E-state index is 0.0286. The molecule has 0 unspecified atom stereocenters. The van der Waals surface area contributed by atoms with Gasteiger partial charge in [-0.1, -0.05) is 23.7 Å². The summed E-state index contributed by atoms with van der Waals surface area (Å²) in [6.45, 7) is 0.142. The summed E-state index contributed by atoms with van der Waals surface area (Å²) in [6.07, 6.45) is 1.29. The number of nitrogens with zero attached hydrogens (tertiary/aromatic N) is 2. The molecule has 1 amide bonds. The maximum absolute atomic E-state index is 14.7. The number of benzene rings is 1. The van der Waals surface area contributed by atoms with Crippen molar-refractivity contribution in [3.05, 3.63) is 62.7 Å². The van der Waals surface area contributed by atoms with Gasteiger partial charge in [-0.2, -0.15) is 5.10 Å². The molecule has 2 aromatic heterocycles. The van der Waals surface area contributed by atoms with Crippen LogP contribution in [0.4, 0.5) is 13.2 Å². The van der Waals surface area contributed by atoms with Crippen molar-refractivity contribution in [2.24, 2.45) is 5.73 Å². The second-order valence-corrected chi connectivity index (χ2v) is 8.57. The quantitative estimate of drug-likeness (QED) is 0.607. The highest BCUT2D eigenvalue weighted by Gasteiger charge is 2.41. The molecule has 0 saturated heterocycles. The molecule has 158 valence electrons. The molecule has 10 heteroatoms. The molecule has 3 aromatic rings. The number of nitrogens with one attached hydrogen (secondary N) is 1. The second kappa shape index (κ2) is 8.05. The van der Waals surface area contributed by atoms with Crippen molar-refractivity contribution in [1.29, 1.82) is 0 Å². The van der Waals surface area contributed by atoms with Crippen LogP contribution in [0, 0.1) is 5.82 Å². The maximum Gasteiger partial charge on any atom is 0.284 e. The van der Waals surface area contributed by atoms with Gasteiger partial charge in [-0.15, -0.1) is 11.3 Å². The first-order valence-corrected chi connectivity index (χ1v) is 10.5. The Morgan fingerprint density at radius 1 is 1.40 bits per heavy atom. The Labute approximate surface area is 179 Å². The number of amides is 1. The number of thiophene rings is 1. The van der Waals surface area contributed by atoms with Crippen LogP contribution in [0.5, 0.6) is 0 Å². The molecule has 30 heavy (non-hydrogen) atoms. The summed E-state index contributed by atoms with van der Waals surface area (Å²) in [5.41, 5.74) is 7.03. The Hall–Kier alpha value is -2.36. The largest absolute Gasteiger partial charge is 0.347 e. The fourth-order valence-electron chi connectivity index (χ4n) is 3.51. The first-order chi connectivity index (χ1) is 14.3. The molecule has 0 saturated carbocycles. The van der Waals surface area contributed by atoms with Crippen molar-refractivity contribution in [2.45, 2.75) is 31.4 Å². The van der Waals surface area contributed by atoms with Crippen LogP contribution in [-0.4, -0.2) is 28.3 Å². The molecule has 0 radical (unpaired) electrons. The molecule has 0 spiro atoms. The molecule has 0 fully saturated rings. The number of rotatable bonds is 5. The predicted octanol–water partition coefficient (Wildman–Crippen LogP) is 4.20. The topological polar surface area (TPSA) is 72.9 Å². The van der Waals surface area contributed by atoms with E-state index >= 15 is 0 Å². The van der Waals surface area contributed by atoms with Gasteiger partial charge < -0.3 is 11.1 Å². The zero-order valence-electron chi connectivity index (χ0n) is 15.7. The van der Waals surface area contributed by atoms with Crippen molar-refractivity contribution in [1.82, 2.24) is 15.1 Å². The zero-order chi connectivity index (χ0) is 21.5. The summed E-state index contributed by atoms with van der Waals surface area (Å²) < 4.78 is 44.2. The smallest absolute Gasteiger partial charge is 0.284 e. The first-order valence-electron chi connectivity index (χ1n) is 9.27. The monoisotopic (exact) mass is 454 g/mol. The normalized spacial score (nSPS) is 15.8. The van der Waals surface area contributed by atoms with Gasteiger partial charge in [-0.3, -0.25) is 9.48 Å². The van der Waals surface area contributed by atoms with Crippen LogP contribution < -0.4 is 11.1 Å². The van der Waals surface area contributed by atoms with Crippen molar-refractivity contribution in [2.75, 3.05) is 6.54 Å². The van der Waals surface area contributed by atoms with Crippen LogP contribution in [0.25, 0.3) is 11.3 Å². The van der Waals surface area contributed by atoms with Crippen LogP contribution in [0.15, 0.2) is 36.5 Å². The molecule has 0 bridgehead atoms. The lowest BCUT2D eigenvalue weighted by molar-refractivity contribution is -0.0122. The van der Waals surface area contributed by atoms with Gasteiger partial charge in [0.25, 0.3) is 11.8 Å². The van der Waals surface area contributed by atoms with Gasteiger partial charge in [0.05, 0.1) is 26.7 Å². The molecule has 4 rings (SSSR count). The van der Waals surface area contributed by atoms with E-state index in [1.165, 1.54) is 29.1 Å². The van der Waals surface area contributed by atoms with Crippen molar-refractivity contribution < 1.29 is 18.0 Å². The van der Waals surface area contributed by atoms with Gasteiger partial charge in [-0.25, -0.2) is 13.2 Å². The predicted molar refractivity (Wildman–Crippen MR) is 109 cm³/mol. The van der Waals surface area contributed by atoms with Crippen molar-refractivity contribution in [3.8, 4) is 11.3 Å². The highest BCUT2D eigenvalue weighted by molar-refractivity contribution is 7.14. The summed E-state index contributed by atoms with van der Waals surface area (Å²) in [5, 5.41) is 7.07. The summed E-state index contributed by atoms with van der Waals surface area (Å²) >= 11 is 6.92. The number of carbonyl (C=O) groups is 1. The minimum atomic E-state index is -3.10. The molecule has 3 N–H and O–H groups in total. The zero-order valence-corrected chi connectivity index (χ0v) is 17.2. The van der Waals surface area contributed by atoms with E-state index in [4.69, 9.17) is 17.3 Å². The van der Waals surface area contributed by atoms with E-state index < -0.39 is 24.3 Å². The Balaban J connectivity index is 1.61. The van der Waals surface area contributed by atoms with Crippen LogP contribution in [0.1, 0.15) is 26.5 Å². The summed E-state index contributed by atoms with van der Waals surface area (Å²) in [4.78, 5) is 12.7. The molecular formula is C20H18ClF3N4OS. The van der Waals surface area contributed by atoms with E-state index in [-0.39, 0.29) is 39.2 Å². The fourth-order valence-corrected chi connectivity index (χ4v) is 4.82. The van der Waals surface area contributed by atoms with E-state index in [1.54, 1.807) is 12.1 Å². The van der Waals surface area contributed by atoms with Gasteiger partial charge >= 0.3 is 0 Å². The number of fused-ring (bicyclic) bond motifs is 3. The van der Waals surface area contributed by atoms with E-state index in [1.807, 2.05) is 0 Å². The second-order valence-electron chi connectivity index (χ2n) is 7.11. The Kier molecular flexibility index (Phi) is 5.61. The molecule has 1 aliphatic rings. The number of aromatic nitrogens is 2. The summed E-state index contributed by atoms with van der Waals surface area (Å²) in [5.74, 6) is -4.00. The molecule has 0 aliphatic carbocycles. The number of nitrogens with two attached hydrogens (primary N) is 1. The highest BCUT2D eigenvalue weighted by Crippen LogP contribution is 2.47. The van der Waals surface area contributed by atoms with Crippen LogP contribution in [-0.2, 0) is 18.9 Å². The number of hydrogen-bond donors (Lipinski definition) is 2. The van der Waals surface area contributed by atoms with E-state index in [9.17, 15) is 18.0 Å². The van der Waals surface area contributed by atoms with Crippen LogP contribution in [0.2, 0.25) is 5.02 Å². The number of hydrogen-bond acceptors (Lipinski definition) is 4. The number of alkyl halides is 2. The number of aryl methyl sites for hydroxylation is 1. The van der Waals surface area contributed by atoms with Crippen LogP contribution in [0.3, 0.4) is 0 Å². The minimum Gasteiger partial charge on any atom is -0.347 e. The molecule has 5 nitrogen and oxygen atoms in total. The summed E-state index contributed by atoms with van der Waals surface area (Å²) in [7, 11) is 0. The Morgan fingerprint density at radius 3 is 2.93 bits per heavy atom. The molecule has 1 aliphatic heterocycles. The van der Waals surface area contributed by atoms with Crippen molar-refractivity contribution >= 4 is 28.8 Å². The third-order valence-corrected chi connectivity index (χ3v) is 6.49. The van der Waals surface area contributed by atoms with Gasteiger partial charge in [0.15, 0.2) is 0 Å². The van der Waals surface area contributed by atoms with Gasteiger partial charge in [0.2, 0.25) is 0 Å². The average Bonchev–Trinajstić information content (AvgIpc) is 3.27. The first kappa shape index (κ1) is 20.9. The lowest BCUT2D eigenvalue weighted by atomic mass is 10.1. The van der Waals surface area contributed by atoms with Gasteiger partial charge in [0, 0.05) is 31.1 Å². The average molecular weight is 455 g/mol. The Morgan fingerprint density at radius 2 is 2.20 bits per heavy atom.